The summed E-state index contributed by atoms with van der Waals surface area (Å²) in [7, 11) is 1.49. The van der Waals surface area contributed by atoms with Crippen LogP contribution in [0, 0.1) is 13.7 Å². The Morgan fingerprint density at radius 3 is 2.80 bits per heavy atom. The van der Waals surface area contributed by atoms with Gasteiger partial charge in [0.05, 0.1) is 21.8 Å². The van der Waals surface area contributed by atoms with Crippen molar-refractivity contribution < 1.29 is 19.6 Å². The van der Waals surface area contributed by atoms with Crippen LogP contribution in [-0.2, 0) is 0 Å². The standard InChI is InChI=1S/C15H11ClIN3O5/c1-25-13-5-8(2-3-11(13)17)15(22)19-18-7-9-4-10(16)6-12(14(9)21)20(23)24/h2-7,21H,1H3,(H,19,22)/b18-7+. The van der Waals surface area contributed by atoms with Crippen LogP contribution in [0.3, 0.4) is 0 Å². The van der Waals surface area contributed by atoms with Crippen molar-refractivity contribution in [1.82, 2.24) is 5.43 Å². The SMILES string of the molecule is COc1cc(C(=O)N/N=C/c2cc(Cl)cc([N+](=O)[O-])c2O)ccc1I. The average molecular weight is 476 g/mol. The van der Waals surface area contributed by atoms with Crippen LogP contribution in [-0.4, -0.2) is 29.3 Å². The molecule has 0 aromatic heterocycles. The van der Waals surface area contributed by atoms with Crippen molar-refractivity contribution in [1.29, 1.82) is 0 Å². The van der Waals surface area contributed by atoms with Crippen molar-refractivity contribution in [2.24, 2.45) is 5.10 Å². The number of aromatic hydroxyl groups is 1. The summed E-state index contributed by atoms with van der Waals surface area (Å²) < 4.78 is 5.98. The van der Waals surface area contributed by atoms with E-state index in [1.165, 1.54) is 13.2 Å². The van der Waals surface area contributed by atoms with Gasteiger partial charge in [0.25, 0.3) is 5.91 Å². The number of nitrogens with one attached hydrogen (secondary N) is 1. The number of methoxy groups -OCH3 is 1. The number of nitrogens with zero attached hydrogens (tertiary/aromatic N) is 2. The third kappa shape index (κ3) is 4.57. The number of hydrogen-bond acceptors (Lipinski definition) is 6. The van der Waals surface area contributed by atoms with Gasteiger partial charge in [-0.2, -0.15) is 5.10 Å². The minimum Gasteiger partial charge on any atom is -0.502 e. The van der Waals surface area contributed by atoms with Gasteiger partial charge < -0.3 is 9.84 Å². The molecule has 2 rings (SSSR count). The van der Waals surface area contributed by atoms with E-state index in [4.69, 9.17) is 16.3 Å². The van der Waals surface area contributed by atoms with E-state index < -0.39 is 22.3 Å². The number of nitro groups is 1. The number of amides is 1. The van der Waals surface area contributed by atoms with Crippen LogP contribution in [0.15, 0.2) is 35.4 Å². The van der Waals surface area contributed by atoms with Crippen LogP contribution in [0.25, 0.3) is 0 Å². The Hall–Kier alpha value is -2.40. The number of rotatable bonds is 5. The van der Waals surface area contributed by atoms with Crippen molar-refractivity contribution in [2.75, 3.05) is 7.11 Å². The molecule has 8 nitrogen and oxygen atoms in total. The topological polar surface area (TPSA) is 114 Å². The molecule has 0 aliphatic heterocycles. The summed E-state index contributed by atoms with van der Waals surface area (Å²) in [5, 5.41) is 24.4. The summed E-state index contributed by atoms with van der Waals surface area (Å²) in [6, 6.07) is 7.16. The molecule has 0 spiro atoms. The summed E-state index contributed by atoms with van der Waals surface area (Å²) >= 11 is 7.84. The van der Waals surface area contributed by atoms with Crippen molar-refractivity contribution in [3.63, 3.8) is 0 Å². The highest BCUT2D eigenvalue weighted by Gasteiger charge is 2.17. The highest BCUT2D eigenvalue weighted by atomic mass is 127. The Labute approximate surface area is 160 Å². The number of ether oxygens (including phenoxy) is 1. The molecular weight excluding hydrogens is 465 g/mol. The smallest absolute Gasteiger partial charge is 0.312 e. The number of carbonyl (C=O) groups excluding carboxylic acids is 1. The van der Waals surface area contributed by atoms with Crippen molar-refractivity contribution >= 4 is 52.0 Å². The Bertz CT molecular complexity index is 872. The molecule has 130 valence electrons. The number of hydrogen-bond donors (Lipinski definition) is 2. The normalized spacial score (nSPS) is 10.7. The molecule has 2 aromatic carbocycles. The second kappa shape index (κ2) is 8.12. The molecular formula is C15H11ClIN3O5. The van der Waals surface area contributed by atoms with Crippen LogP contribution in [0.2, 0.25) is 5.02 Å². The largest absolute Gasteiger partial charge is 0.502 e. The van der Waals surface area contributed by atoms with Crippen molar-refractivity contribution in [3.8, 4) is 11.5 Å². The third-order valence-electron chi connectivity index (χ3n) is 3.06. The van der Waals surface area contributed by atoms with E-state index in [1.54, 1.807) is 18.2 Å². The highest BCUT2D eigenvalue weighted by molar-refractivity contribution is 14.1. The van der Waals surface area contributed by atoms with E-state index in [0.717, 1.165) is 15.9 Å². The van der Waals surface area contributed by atoms with Gasteiger partial charge in [-0.05, 0) is 46.9 Å². The first-order valence-corrected chi connectivity index (χ1v) is 8.13. The zero-order valence-electron chi connectivity index (χ0n) is 12.7. The molecule has 0 saturated carbocycles. The van der Waals surface area contributed by atoms with Gasteiger partial charge in [-0.15, -0.1) is 0 Å². The fraction of sp³-hybridized carbons (Fsp3) is 0.0667. The quantitative estimate of drug-likeness (QED) is 0.298. The predicted molar refractivity (Wildman–Crippen MR) is 101 cm³/mol. The van der Waals surface area contributed by atoms with Gasteiger partial charge >= 0.3 is 5.69 Å². The van der Waals surface area contributed by atoms with Crippen LogP contribution < -0.4 is 10.2 Å². The van der Waals surface area contributed by atoms with Crippen LogP contribution in [0.5, 0.6) is 11.5 Å². The van der Waals surface area contributed by atoms with Gasteiger partial charge in [0.1, 0.15) is 5.75 Å². The Morgan fingerprint density at radius 2 is 2.16 bits per heavy atom. The van der Waals surface area contributed by atoms with Crippen LogP contribution in [0.4, 0.5) is 5.69 Å². The maximum atomic E-state index is 12.1. The fourth-order valence-electron chi connectivity index (χ4n) is 1.87. The number of halogens is 2. The zero-order chi connectivity index (χ0) is 18.6. The van der Waals surface area contributed by atoms with Crippen LogP contribution >= 0.6 is 34.2 Å². The number of hydrazone groups is 1. The molecule has 0 aliphatic rings. The molecule has 0 radical (unpaired) electrons. The van der Waals surface area contributed by atoms with Crippen LogP contribution in [0.1, 0.15) is 15.9 Å². The monoisotopic (exact) mass is 475 g/mol. The summed E-state index contributed by atoms with van der Waals surface area (Å²) in [6.45, 7) is 0. The molecule has 0 atom stereocenters. The van der Waals surface area contributed by atoms with Gasteiger partial charge in [0, 0.05) is 22.2 Å². The third-order valence-corrected chi connectivity index (χ3v) is 4.17. The number of phenols is 1. The molecule has 0 fully saturated rings. The molecule has 10 heteroatoms. The first-order chi connectivity index (χ1) is 11.8. The zero-order valence-corrected chi connectivity index (χ0v) is 15.6. The molecule has 1 amide bonds. The fourth-order valence-corrected chi connectivity index (χ4v) is 2.65. The van der Waals surface area contributed by atoms with Gasteiger partial charge in [0.15, 0.2) is 0 Å². The average Bonchev–Trinajstić information content (AvgIpc) is 2.57. The predicted octanol–water partition coefficient (Wildman–Crippen LogP) is 3.33. The van der Waals surface area contributed by atoms with E-state index in [0.29, 0.717) is 11.3 Å². The second-order valence-electron chi connectivity index (χ2n) is 4.67. The summed E-state index contributed by atoms with van der Waals surface area (Å²) in [4.78, 5) is 22.1. The number of phenolic OH excluding ortho intramolecular Hbond substituents is 1. The van der Waals surface area contributed by atoms with E-state index in [1.807, 2.05) is 0 Å². The summed E-state index contributed by atoms with van der Waals surface area (Å²) in [5.74, 6) is -0.564. The molecule has 0 saturated heterocycles. The van der Waals surface area contributed by atoms with E-state index >= 15 is 0 Å². The minimum absolute atomic E-state index is 0.000286. The molecule has 0 bridgehead atoms. The Balaban J connectivity index is 2.18. The summed E-state index contributed by atoms with van der Waals surface area (Å²) in [6.07, 6.45) is 1.07. The molecule has 0 heterocycles. The molecule has 0 aliphatic carbocycles. The Kier molecular flexibility index (Phi) is 6.15. The van der Waals surface area contributed by atoms with Crippen molar-refractivity contribution in [3.05, 3.63) is 60.2 Å². The van der Waals surface area contributed by atoms with E-state index in [-0.39, 0.29) is 10.6 Å². The summed E-state index contributed by atoms with van der Waals surface area (Å²) in [5.41, 5.74) is 2.02. The lowest BCUT2D eigenvalue weighted by Gasteiger charge is -2.06. The molecule has 2 aromatic rings. The molecule has 0 unspecified atom stereocenters. The lowest BCUT2D eigenvalue weighted by atomic mass is 10.2. The minimum atomic E-state index is -0.769. The first kappa shape index (κ1) is 18.9. The maximum absolute atomic E-state index is 12.1. The lowest BCUT2D eigenvalue weighted by molar-refractivity contribution is -0.385. The Morgan fingerprint density at radius 1 is 1.44 bits per heavy atom. The van der Waals surface area contributed by atoms with E-state index in [2.05, 4.69) is 33.1 Å². The van der Waals surface area contributed by atoms with Crippen molar-refractivity contribution in [2.45, 2.75) is 0 Å². The van der Waals surface area contributed by atoms with E-state index in [9.17, 15) is 20.0 Å². The van der Waals surface area contributed by atoms with Gasteiger partial charge in [-0.1, -0.05) is 11.6 Å². The second-order valence-corrected chi connectivity index (χ2v) is 6.27. The maximum Gasteiger partial charge on any atom is 0.312 e. The number of carbonyl (C=O) groups is 1. The number of benzene rings is 2. The van der Waals surface area contributed by atoms with Gasteiger partial charge in [-0.25, -0.2) is 5.43 Å². The number of nitro benzene ring substituents is 1. The van der Waals surface area contributed by atoms with Gasteiger partial charge in [0.2, 0.25) is 5.75 Å². The molecule has 25 heavy (non-hydrogen) atoms. The first-order valence-electron chi connectivity index (χ1n) is 6.67. The van der Waals surface area contributed by atoms with Gasteiger partial charge in [-0.3, -0.25) is 14.9 Å². The lowest BCUT2D eigenvalue weighted by Crippen LogP contribution is -2.17. The molecule has 2 N–H and O–H groups in total. The highest BCUT2D eigenvalue weighted by Crippen LogP contribution is 2.32.